The Kier molecular flexibility index (Phi) is 9.69. The van der Waals surface area contributed by atoms with E-state index in [9.17, 15) is 9.90 Å². The summed E-state index contributed by atoms with van der Waals surface area (Å²) in [5, 5.41) is 11.7. The van der Waals surface area contributed by atoms with E-state index in [0.717, 1.165) is 0 Å². The monoisotopic (exact) mass is 440 g/mol. The van der Waals surface area contributed by atoms with Crippen LogP contribution < -0.4 is 10.4 Å². The van der Waals surface area contributed by atoms with Crippen molar-refractivity contribution >= 4 is 24.7 Å². The molecule has 0 aliphatic rings. The SMILES string of the molecule is CCOC(=O)CCCC(/C=C/CO)O[Si](c1ccccc1)(c1ccccc1)C(C)(C)C. The summed E-state index contributed by atoms with van der Waals surface area (Å²) in [6.07, 6.45) is 5.16. The molecule has 0 saturated heterocycles. The number of hydrogen-bond donors (Lipinski definition) is 1. The highest BCUT2D eigenvalue weighted by atomic mass is 28.4. The second-order valence-corrected chi connectivity index (χ2v) is 12.9. The molecule has 0 bridgehead atoms. The average molecular weight is 441 g/mol. The third kappa shape index (κ3) is 6.63. The fraction of sp³-hybridized carbons (Fsp3) is 0.423. The highest BCUT2D eigenvalue weighted by Gasteiger charge is 2.51. The second kappa shape index (κ2) is 12.0. The molecule has 168 valence electrons. The smallest absolute Gasteiger partial charge is 0.305 e. The number of esters is 1. The molecule has 0 spiro atoms. The molecule has 0 aromatic heterocycles. The van der Waals surface area contributed by atoms with E-state index in [-0.39, 0.29) is 23.7 Å². The Bertz CT molecular complexity index is 773. The van der Waals surface area contributed by atoms with Crippen LogP contribution in [0.4, 0.5) is 0 Å². The van der Waals surface area contributed by atoms with Gasteiger partial charge in [-0.2, -0.15) is 0 Å². The van der Waals surface area contributed by atoms with Crippen molar-refractivity contribution in [3.05, 3.63) is 72.8 Å². The molecule has 1 atom stereocenters. The number of aliphatic hydroxyl groups excluding tert-OH is 1. The number of rotatable bonds is 11. The molecule has 2 aromatic carbocycles. The fourth-order valence-electron chi connectivity index (χ4n) is 4.01. The van der Waals surface area contributed by atoms with Crippen molar-refractivity contribution < 1.29 is 19.1 Å². The molecule has 31 heavy (non-hydrogen) atoms. The molecular weight excluding hydrogens is 404 g/mol. The van der Waals surface area contributed by atoms with Crippen molar-refractivity contribution in [1.82, 2.24) is 0 Å². The van der Waals surface area contributed by atoms with Crippen LogP contribution >= 0.6 is 0 Å². The van der Waals surface area contributed by atoms with Crippen LogP contribution in [0, 0.1) is 0 Å². The lowest BCUT2D eigenvalue weighted by Crippen LogP contribution is -2.67. The van der Waals surface area contributed by atoms with Gasteiger partial charge in [0.15, 0.2) is 0 Å². The number of hydrogen-bond acceptors (Lipinski definition) is 4. The minimum atomic E-state index is -2.70. The van der Waals surface area contributed by atoms with Crippen LogP contribution in [0.2, 0.25) is 5.04 Å². The number of benzene rings is 2. The van der Waals surface area contributed by atoms with Gasteiger partial charge in [-0.25, -0.2) is 0 Å². The summed E-state index contributed by atoms with van der Waals surface area (Å²) in [7, 11) is -2.70. The Labute approximate surface area is 188 Å². The first-order chi connectivity index (χ1) is 14.8. The Balaban J connectivity index is 2.46. The van der Waals surface area contributed by atoms with Crippen LogP contribution in [-0.4, -0.2) is 38.7 Å². The van der Waals surface area contributed by atoms with Crippen LogP contribution in [0.25, 0.3) is 0 Å². The third-order valence-electron chi connectivity index (χ3n) is 5.38. The van der Waals surface area contributed by atoms with Crippen molar-refractivity contribution in [2.45, 2.75) is 58.1 Å². The standard InChI is InChI=1S/C26H36O4Si/c1-5-29-25(28)20-12-14-22(15-13-21-27)30-31(26(2,3)4,23-16-8-6-9-17-23)24-18-10-7-11-19-24/h6-11,13,15-19,22,27H,5,12,14,20-21H2,1-4H3/b15-13+. The quantitative estimate of drug-likeness (QED) is 0.323. The van der Waals surface area contributed by atoms with E-state index in [1.165, 1.54) is 10.4 Å². The fourth-order valence-corrected chi connectivity index (χ4v) is 8.67. The largest absolute Gasteiger partial charge is 0.466 e. The predicted octanol–water partition coefficient (Wildman–Crippen LogP) is 4.21. The van der Waals surface area contributed by atoms with E-state index in [1.54, 1.807) is 6.08 Å². The minimum absolute atomic E-state index is 0.0432. The summed E-state index contributed by atoms with van der Waals surface area (Å²) >= 11 is 0. The van der Waals surface area contributed by atoms with Crippen molar-refractivity contribution in [3.63, 3.8) is 0 Å². The predicted molar refractivity (Wildman–Crippen MR) is 129 cm³/mol. The van der Waals surface area contributed by atoms with Gasteiger partial charge < -0.3 is 14.3 Å². The van der Waals surface area contributed by atoms with Gasteiger partial charge in [-0.15, -0.1) is 0 Å². The van der Waals surface area contributed by atoms with E-state index in [4.69, 9.17) is 9.16 Å². The molecule has 2 rings (SSSR count). The zero-order chi connectivity index (χ0) is 22.7. The van der Waals surface area contributed by atoms with Gasteiger partial charge >= 0.3 is 5.97 Å². The molecule has 0 aliphatic heterocycles. The number of aliphatic hydroxyl groups is 1. The molecule has 4 nitrogen and oxygen atoms in total. The minimum Gasteiger partial charge on any atom is -0.466 e. The Morgan fingerprint density at radius 2 is 1.58 bits per heavy atom. The second-order valence-electron chi connectivity index (χ2n) is 8.63. The summed E-state index contributed by atoms with van der Waals surface area (Å²) in [4.78, 5) is 11.8. The normalized spacial score (nSPS) is 13.3. The Hall–Kier alpha value is -2.21. The van der Waals surface area contributed by atoms with E-state index in [1.807, 2.05) is 25.1 Å². The first-order valence-corrected chi connectivity index (χ1v) is 13.0. The van der Waals surface area contributed by atoms with E-state index < -0.39 is 8.32 Å². The van der Waals surface area contributed by atoms with Crippen LogP contribution in [0.3, 0.4) is 0 Å². The van der Waals surface area contributed by atoms with E-state index in [0.29, 0.717) is 25.9 Å². The van der Waals surface area contributed by atoms with Crippen molar-refractivity contribution in [2.75, 3.05) is 13.2 Å². The molecule has 2 aromatic rings. The lowest BCUT2D eigenvalue weighted by Gasteiger charge is -2.45. The molecular formula is C26H36O4Si. The van der Waals surface area contributed by atoms with E-state index in [2.05, 4.69) is 69.3 Å². The van der Waals surface area contributed by atoms with Crippen molar-refractivity contribution in [2.24, 2.45) is 0 Å². The van der Waals surface area contributed by atoms with Gasteiger partial charge in [0.25, 0.3) is 8.32 Å². The van der Waals surface area contributed by atoms with Crippen LogP contribution in [0.1, 0.15) is 47.0 Å². The van der Waals surface area contributed by atoms with Gasteiger partial charge in [0.1, 0.15) is 0 Å². The van der Waals surface area contributed by atoms with Gasteiger partial charge in [0, 0.05) is 6.42 Å². The zero-order valence-electron chi connectivity index (χ0n) is 19.2. The Morgan fingerprint density at radius 3 is 2.03 bits per heavy atom. The number of ether oxygens (including phenoxy) is 1. The summed E-state index contributed by atoms with van der Waals surface area (Å²) in [6.45, 7) is 8.89. The van der Waals surface area contributed by atoms with Gasteiger partial charge in [0.05, 0.1) is 19.3 Å². The maximum atomic E-state index is 11.8. The van der Waals surface area contributed by atoms with Gasteiger partial charge in [-0.05, 0) is 35.2 Å². The number of carbonyl (C=O) groups is 1. The first kappa shape index (κ1) is 25.1. The van der Waals surface area contributed by atoms with Gasteiger partial charge in [-0.3, -0.25) is 4.79 Å². The first-order valence-electron chi connectivity index (χ1n) is 11.1. The lowest BCUT2D eigenvalue weighted by atomic mass is 10.1. The molecule has 0 heterocycles. The topological polar surface area (TPSA) is 55.8 Å². The molecule has 0 radical (unpaired) electrons. The summed E-state index contributed by atoms with van der Waals surface area (Å²) in [5.74, 6) is -0.183. The molecule has 5 heteroatoms. The molecule has 0 aliphatic carbocycles. The third-order valence-corrected chi connectivity index (χ3v) is 10.4. The van der Waals surface area contributed by atoms with Crippen LogP contribution in [0.15, 0.2) is 72.8 Å². The lowest BCUT2D eigenvalue weighted by molar-refractivity contribution is -0.143. The Morgan fingerprint density at radius 1 is 1.03 bits per heavy atom. The molecule has 1 N–H and O–H groups in total. The van der Waals surface area contributed by atoms with Crippen molar-refractivity contribution in [1.29, 1.82) is 0 Å². The van der Waals surface area contributed by atoms with Gasteiger partial charge in [0.2, 0.25) is 0 Å². The maximum absolute atomic E-state index is 11.8. The number of carbonyl (C=O) groups excluding carboxylic acids is 1. The van der Waals surface area contributed by atoms with Crippen LogP contribution in [0.5, 0.6) is 0 Å². The maximum Gasteiger partial charge on any atom is 0.305 e. The van der Waals surface area contributed by atoms with Crippen LogP contribution in [-0.2, 0) is 14.0 Å². The molecule has 0 fully saturated rings. The average Bonchev–Trinajstić information content (AvgIpc) is 2.76. The van der Waals surface area contributed by atoms with E-state index >= 15 is 0 Å². The summed E-state index contributed by atoms with van der Waals surface area (Å²) < 4.78 is 12.2. The summed E-state index contributed by atoms with van der Waals surface area (Å²) in [5.41, 5.74) is 0. The highest BCUT2D eigenvalue weighted by molar-refractivity contribution is 6.99. The molecule has 0 amide bonds. The zero-order valence-corrected chi connectivity index (χ0v) is 20.2. The molecule has 0 saturated carbocycles. The van der Waals surface area contributed by atoms with Crippen molar-refractivity contribution in [3.8, 4) is 0 Å². The highest BCUT2D eigenvalue weighted by Crippen LogP contribution is 2.38. The van der Waals surface area contributed by atoms with Gasteiger partial charge in [-0.1, -0.05) is 93.6 Å². The molecule has 1 unspecified atom stereocenters. The summed E-state index contributed by atoms with van der Waals surface area (Å²) in [6, 6.07) is 21.0.